The molecule has 2 heteroatoms. The number of likely N-dealkylation sites (N-methyl/N-ethyl adjacent to an activating group) is 1. The number of allylic oxidation sites excluding steroid dienone is 7. The largest absolute Gasteiger partial charge is 0.344 e. The third kappa shape index (κ3) is 6.39. The molecule has 0 radical (unpaired) electrons. The van der Waals surface area contributed by atoms with Crippen LogP contribution in [0.3, 0.4) is 0 Å². The van der Waals surface area contributed by atoms with Crippen molar-refractivity contribution in [3.63, 3.8) is 0 Å². The third-order valence-corrected chi connectivity index (χ3v) is 7.80. The Balaban J connectivity index is 1.32. The molecule has 5 aromatic rings. The molecule has 6 rings (SSSR count). The van der Waals surface area contributed by atoms with Crippen molar-refractivity contribution in [2.45, 2.75) is 0 Å². The fourth-order valence-electron chi connectivity index (χ4n) is 5.42. The lowest BCUT2D eigenvalue weighted by Gasteiger charge is -2.29. The van der Waals surface area contributed by atoms with Gasteiger partial charge in [0, 0.05) is 42.2 Å². The summed E-state index contributed by atoms with van der Waals surface area (Å²) in [5.74, 6) is 0. The van der Waals surface area contributed by atoms with Crippen LogP contribution in [0.1, 0.15) is 16.8 Å². The van der Waals surface area contributed by atoms with Crippen molar-refractivity contribution in [3.05, 3.63) is 192 Å². The van der Waals surface area contributed by atoms with Gasteiger partial charge in [-0.15, -0.1) is 0 Å². The number of rotatable bonds is 7. The summed E-state index contributed by atoms with van der Waals surface area (Å²) in [4.78, 5) is 2.26. The first-order valence-electron chi connectivity index (χ1n) is 14.7. The highest BCUT2D eigenvalue weighted by Crippen LogP contribution is 2.33. The van der Waals surface area contributed by atoms with E-state index in [1.807, 2.05) is 0 Å². The molecule has 0 unspecified atom stereocenters. The van der Waals surface area contributed by atoms with Crippen LogP contribution in [0.25, 0.3) is 39.7 Å². The van der Waals surface area contributed by atoms with Crippen molar-refractivity contribution in [2.24, 2.45) is 7.05 Å². The van der Waals surface area contributed by atoms with Crippen LogP contribution in [0, 0.1) is 0 Å². The predicted octanol–water partition coefficient (Wildman–Crippen LogP) is 9.37. The van der Waals surface area contributed by atoms with Gasteiger partial charge >= 0.3 is 0 Å². The molecule has 0 atom stereocenters. The molecule has 2 nitrogen and oxygen atoms in total. The van der Waals surface area contributed by atoms with E-state index >= 15 is 0 Å². The van der Waals surface area contributed by atoms with E-state index in [4.69, 9.17) is 0 Å². The molecule has 0 N–H and O–H groups in total. The normalized spacial score (nSPS) is 14.4. The number of aromatic nitrogens is 1. The van der Waals surface area contributed by atoms with Crippen LogP contribution in [-0.2, 0) is 7.05 Å². The second kappa shape index (κ2) is 13.0. The van der Waals surface area contributed by atoms with Crippen LogP contribution in [0.5, 0.6) is 0 Å². The number of nitrogens with zero attached hydrogens (tertiary/aromatic N) is 2. The minimum Gasteiger partial charge on any atom is -0.344 e. The number of hydrogen-bond acceptors (Lipinski definition) is 1. The zero-order chi connectivity index (χ0) is 29.4. The fraction of sp³-hybridized carbons (Fsp3) is 0.0488. The standard InChI is InChI=1S/C41H35N2/c1-42-38(28-36(32-18-8-3-9-19-32)30-40(42)34-22-12-5-13-23-34)26-16-7-17-27-39-29-37(33-20-10-4-11-21-33)31-41(43(39)2)35-24-14-6-15-25-35/h3-31H,1-2H3/q+1. The van der Waals surface area contributed by atoms with Gasteiger partial charge in [-0.25, -0.2) is 0 Å². The number of benzene rings is 4. The Kier molecular flexibility index (Phi) is 8.38. The van der Waals surface area contributed by atoms with Gasteiger partial charge < -0.3 is 4.90 Å². The summed E-state index contributed by atoms with van der Waals surface area (Å²) in [6, 6.07) is 46.8. The highest BCUT2D eigenvalue weighted by molar-refractivity contribution is 5.88. The summed E-state index contributed by atoms with van der Waals surface area (Å²) in [5.41, 5.74) is 11.8. The van der Waals surface area contributed by atoms with E-state index < -0.39 is 0 Å². The molecule has 4 aromatic carbocycles. The highest BCUT2D eigenvalue weighted by Gasteiger charge is 2.18. The maximum Gasteiger partial charge on any atom is 0.213 e. The number of pyridine rings is 1. The molecule has 0 aliphatic carbocycles. The van der Waals surface area contributed by atoms with Crippen molar-refractivity contribution in [2.75, 3.05) is 7.05 Å². The Bertz CT molecular complexity index is 1840. The lowest BCUT2D eigenvalue weighted by molar-refractivity contribution is -0.662. The summed E-state index contributed by atoms with van der Waals surface area (Å²) < 4.78 is 2.26. The monoisotopic (exact) mass is 555 g/mol. The average molecular weight is 556 g/mol. The maximum atomic E-state index is 2.27. The predicted molar refractivity (Wildman–Crippen MR) is 181 cm³/mol. The van der Waals surface area contributed by atoms with Gasteiger partial charge in [-0.1, -0.05) is 127 Å². The van der Waals surface area contributed by atoms with Crippen molar-refractivity contribution in [1.82, 2.24) is 4.90 Å². The Morgan fingerprint density at radius 2 is 1.09 bits per heavy atom. The van der Waals surface area contributed by atoms with Crippen molar-refractivity contribution >= 4 is 17.3 Å². The molecule has 0 bridgehead atoms. The molecule has 1 aliphatic rings. The Hall–Kier alpha value is -5.47. The van der Waals surface area contributed by atoms with E-state index in [9.17, 15) is 0 Å². The second-order valence-electron chi connectivity index (χ2n) is 10.6. The Morgan fingerprint density at radius 1 is 0.535 bits per heavy atom. The zero-order valence-electron chi connectivity index (χ0n) is 24.6. The molecule has 1 aromatic heterocycles. The highest BCUT2D eigenvalue weighted by atomic mass is 15.1. The molecule has 2 heterocycles. The Morgan fingerprint density at radius 3 is 1.72 bits per heavy atom. The lowest BCUT2D eigenvalue weighted by Crippen LogP contribution is -2.34. The van der Waals surface area contributed by atoms with Crippen molar-refractivity contribution < 1.29 is 4.57 Å². The Labute approximate surface area is 255 Å². The molecule has 0 amide bonds. The zero-order valence-corrected chi connectivity index (χ0v) is 24.6. The molecule has 208 valence electrons. The SMILES string of the molecule is CN1C(c2ccccc2)=CC(c2ccccc2)=C/C1=C/C=C/C=C/c1cc(-c2ccccc2)cc(-c2ccccc2)[n+]1C. The fourth-order valence-corrected chi connectivity index (χ4v) is 5.42. The van der Waals surface area contributed by atoms with Crippen LogP contribution in [0.2, 0.25) is 0 Å². The van der Waals surface area contributed by atoms with E-state index in [1.54, 1.807) is 0 Å². The summed E-state index contributed by atoms with van der Waals surface area (Å²) in [5, 5.41) is 0. The molecule has 0 saturated heterocycles. The van der Waals surface area contributed by atoms with Gasteiger partial charge in [-0.3, -0.25) is 0 Å². The van der Waals surface area contributed by atoms with Crippen LogP contribution >= 0.6 is 0 Å². The van der Waals surface area contributed by atoms with E-state index in [0.29, 0.717) is 0 Å². The quantitative estimate of drug-likeness (QED) is 0.143. The van der Waals surface area contributed by atoms with E-state index in [1.165, 1.54) is 44.8 Å². The van der Waals surface area contributed by atoms with Crippen molar-refractivity contribution in [3.8, 4) is 22.4 Å². The average Bonchev–Trinajstić information content (AvgIpc) is 3.07. The lowest BCUT2D eigenvalue weighted by atomic mass is 9.97. The topological polar surface area (TPSA) is 7.12 Å². The van der Waals surface area contributed by atoms with Gasteiger partial charge in [-0.05, 0) is 58.2 Å². The summed E-state index contributed by atoms with van der Waals surface area (Å²) in [7, 11) is 4.26. The molecular weight excluding hydrogens is 520 g/mol. The molecule has 0 fully saturated rings. The first-order valence-corrected chi connectivity index (χ1v) is 14.7. The van der Waals surface area contributed by atoms with Gasteiger partial charge in [0.15, 0.2) is 0 Å². The van der Waals surface area contributed by atoms with Crippen LogP contribution < -0.4 is 4.57 Å². The summed E-state index contributed by atoms with van der Waals surface area (Å²) >= 11 is 0. The molecule has 0 saturated carbocycles. The molecular formula is C41H35N2+. The molecule has 1 aliphatic heterocycles. The van der Waals surface area contributed by atoms with Crippen molar-refractivity contribution in [1.29, 1.82) is 0 Å². The second-order valence-corrected chi connectivity index (χ2v) is 10.6. The maximum absolute atomic E-state index is 2.27. The third-order valence-electron chi connectivity index (χ3n) is 7.80. The van der Waals surface area contributed by atoms with Gasteiger partial charge in [0.05, 0.1) is 0 Å². The first kappa shape index (κ1) is 27.7. The van der Waals surface area contributed by atoms with E-state index in [-0.39, 0.29) is 0 Å². The van der Waals surface area contributed by atoms with Crippen LogP contribution in [-0.4, -0.2) is 11.9 Å². The van der Waals surface area contributed by atoms with Crippen LogP contribution in [0.4, 0.5) is 0 Å². The van der Waals surface area contributed by atoms with Gasteiger partial charge in [0.2, 0.25) is 11.4 Å². The first-order chi connectivity index (χ1) is 21.2. The van der Waals surface area contributed by atoms with Crippen LogP contribution in [0.15, 0.2) is 176 Å². The van der Waals surface area contributed by atoms with E-state index in [0.717, 1.165) is 11.4 Å². The van der Waals surface area contributed by atoms with Gasteiger partial charge in [-0.2, -0.15) is 4.57 Å². The minimum atomic E-state index is 1.13. The summed E-state index contributed by atoms with van der Waals surface area (Å²) in [6.45, 7) is 0. The summed E-state index contributed by atoms with van der Waals surface area (Å²) in [6.07, 6.45) is 15.2. The smallest absolute Gasteiger partial charge is 0.213 e. The minimum absolute atomic E-state index is 1.13. The molecule has 0 spiro atoms. The van der Waals surface area contributed by atoms with Gasteiger partial charge in [0.25, 0.3) is 0 Å². The van der Waals surface area contributed by atoms with E-state index in [2.05, 4.69) is 200 Å². The molecule has 43 heavy (non-hydrogen) atoms. The van der Waals surface area contributed by atoms with Gasteiger partial charge in [0.1, 0.15) is 7.05 Å². The number of hydrogen-bond donors (Lipinski definition) is 0.